The maximum atomic E-state index is 14.9. The quantitative estimate of drug-likeness (QED) is 0.540. The molecule has 4 rings (SSSR count). The van der Waals surface area contributed by atoms with Crippen LogP contribution in [0.3, 0.4) is 0 Å². The summed E-state index contributed by atoms with van der Waals surface area (Å²) in [5.74, 6) is -2.32. The van der Waals surface area contributed by atoms with E-state index in [-0.39, 0.29) is 56.4 Å². The second-order valence-corrected chi connectivity index (χ2v) is 8.11. The Bertz CT molecular complexity index is 1100. The van der Waals surface area contributed by atoms with Gasteiger partial charge in [0.05, 0.1) is 24.0 Å². The number of nitrogens with zero attached hydrogens (tertiary/aromatic N) is 4. The molecular formula is C21H20F2N4O6S. The third kappa shape index (κ3) is 5.30. The van der Waals surface area contributed by atoms with E-state index in [0.29, 0.717) is 11.5 Å². The van der Waals surface area contributed by atoms with E-state index in [1.807, 2.05) is 0 Å². The number of halogens is 2. The van der Waals surface area contributed by atoms with Crippen LogP contribution in [0.2, 0.25) is 0 Å². The van der Waals surface area contributed by atoms with Crippen LogP contribution in [0.15, 0.2) is 24.4 Å². The van der Waals surface area contributed by atoms with Crippen molar-refractivity contribution in [1.82, 2.24) is 13.6 Å². The molecule has 2 aliphatic heterocycles. The van der Waals surface area contributed by atoms with Gasteiger partial charge in [0.15, 0.2) is 12.7 Å². The molecule has 1 atom stereocenters. The van der Waals surface area contributed by atoms with E-state index in [2.05, 4.69) is 8.75 Å². The van der Waals surface area contributed by atoms with E-state index >= 15 is 0 Å². The molecule has 0 bridgehead atoms. The highest BCUT2D eigenvalue weighted by atomic mass is 32.1. The monoisotopic (exact) mass is 494 g/mol. The smallest absolute Gasteiger partial charge is 0.414 e. The van der Waals surface area contributed by atoms with E-state index in [4.69, 9.17) is 14.2 Å². The van der Waals surface area contributed by atoms with Gasteiger partial charge in [-0.15, -0.1) is 4.37 Å². The van der Waals surface area contributed by atoms with Gasteiger partial charge in [0, 0.05) is 25.6 Å². The number of anilines is 1. The fraction of sp³-hybridized carbons (Fsp3) is 0.381. The van der Waals surface area contributed by atoms with Crippen LogP contribution in [0.1, 0.15) is 18.9 Å². The molecule has 1 saturated heterocycles. The number of hydrogen-bond donors (Lipinski definition) is 0. The number of amides is 2. The van der Waals surface area contributed by atoms with Gasteiger partial charge in [0.1, 0.15) is 24.4 Å². The minimum atomic E-state index is -0.831. The molecule has 0 aliphatic carbocycles. The van der Waals surface area contributed by atoms with E-state index < -0.39 is 29.8 Å². The first kappa shape index (κ1) is 23.5. The van der Waals surface area contributed by atoms with Crippen molar-refractivity contribution >= 4 is 41.0 Å². The Morgan fingerprint density at radius 3 is 2.68 bits per heavy atom. The number of benzene rings is 1. The van der Waals surface area contributed by atoms with E-state index in [1.165, 1.54) is 18.0 Å². The van der Waals surface area contributed by atoms with Crippen LogP contribution in [0.5, 0.6) is 5.88 Å². The normalized spacial score (nSPS) is 17.9. The zero-order chi connectivity index (χ0) is 24.2. The average Bonchev–Trinajstić information content (AvgIpc) is 3.45. The number of hydrogen-bond acceptors (Lipinski definition) is 9. The highest BCUT2D eigenvalue weighted by molar-refractivity contribution is 6.99. The van der Waals surface area contributed by atoms with Gasteiger partial charge >= 0.3 is 12.1 Å². The van der Waals surface area contributed by atoms with E-state index in [0.717, 1.165) is 28.8 Å². The second-order valence-electron chi connectivity index (χ2n) is 7.56. The summed E-state index contributed by atoms with van der Waals surface area (Å²) >= 11 is 0.973. The molecule has 1 aromatic heterocycles. The van der Waals surface area contributed by atoms with Gasteiger partial charge in [-0.2, -0.15) is 4.37 Å². The average molecular weight is 494 g/mol. The molecule has 0 saturated carbocycles. The molecule has 13 heteroatoms. The third-order valence-electron chi connectivity index (χ3n) is 5.25. The molecule has 0 N–H and O–H groups in total. The van der Waals surface area contributed by atoms with Crippen LogP contribution in [-0.2, 0) is 19.1 Å². The maximum absolute atomic E-state index is 14.9. The molecule has 1 fully saturated rings. The number of cyclic esters (lactones) is 1. The van der Waals surface area contributed by atoms with Gasteiger partial charge in [-0.1, -0.05) is 6.08 Å². The highest BCUT2D eigenvalue weighted by Gasteiger charge is 2.34. The molecule has 0 spiro atoms. The zero-order valence-electron chi connectivity index (χ0n) is 18.0. The summed E-state index contributed by atoms with van der Waals surface area (Å²) in [7, 11) is 0. The number of esters is 1. The summed E-state index contributed by atoms with van der Waals surface area (Å²) in [5.41, 5.74) is 0.223. The molecule has 3 heterocycles. The predicted molar refractivity (Wildman–Crippen MR) is 115 cm³/mol. The summed E-state index contributed by atoms with van der Waals surface area (Å²) in [4.78, 5) is 37.7. The summed E-state index contributed by atoms with van der Waals surface area (Å²) in [6.45, 7) is 1.25. The van der Waals surface area contributed by atoms with Gasteiger partial charge in [0.2, 0.25) is 5.88 Å². The Hall–Kier alpha value is -3.61. The van der Waals surface area contributed by atoms with E-state index in [1.54, 1.807) is 6.08 Å². The summed E-state index contributed by atoms with van der Waals surface area (Å²) in [6.07, 6.45) is 1.82. The summed E-state index contributed by atoms with van der Waals surface area (Å²) in [6, 6.07) is 2.15. The molecule has 34 heavy (non-hydrogen) atoms. The first-order chi connectivity index (χ1) is 16.3. The topological polar surface area (TPSA) is 111 Å². The predicted octanol–water partition coefficient (Wildman–Crippen LogP) is 2.40. The molecule has 180 valence electrons. The minimum absolute atomic E-state index is 0.0241. The van der Waals surface area contributed by atoms with E-state index in [9.17, 15) is 23.2 Å². The van der Waals surface area contributed by atoms with Crippen molar-refractivity contribution in [2.75, 3.05) is 37.7 Å². The standard InChI is InChI=1S/C21H20F2N4O6S/c1-12(28)31-11-19(29)26-4-2-13(3-5-26)20-16(22)6-14(7-17(20)23)27-9-15(33-21(27)30)10-32-18-8-24-34-25-18/h2,6-8,15H,3-5,9-11H2,1H3/t15-/m1/s1. The van der Waals surface area contributed by atoms with Crippen LogP contribution in [0.4, 0.5) is 19.3 Å². The van der Waals surface area contributed by atoms with Gasteiger partial charge in [0.25, 0.3) is 5.91 Å². The van der Waals surface area contributed by atoms with Crippen molar-refractivity contribution in [2.45, 2.75) is 19.4 Å². The Morgan fingerprint density at radius 2 is 2.06 bits per heavy atom. The number of carbonyl (C=O) groups excluding carboxylic acids is 3. The fourth-order valence-corrected chi connectivity index (χ4v) is 3.98. The Morgan fingerprint density at radius 1 is 1.29 bits per heavy atom. The maximum Gasteiger partial charge on any atom is 0.414 e. The number of rotatable bonds is 7. The second kappa shape index (κ2) is 10.1. The molecule has 2 amide bonds. The van der Waals surface area contributed by atoms with Crippen LogP contribution in [-0.4, -0.2) is 70.6 Å². The van der Waals surface area contributed by atoms with Crippen molar-refractivity contribution in [3.05, 3.63) is 41.6 Å². The summed E-state index contributed by atoms with van der Waals surface area (Å²) < 4.78 is 52.9. The highest BCUT2D eigenvalue weighted by Crippen LogP contribution is 2.32. The lowest BCUT2D eigenvalue weighted by Gasteiger charge is -2.27. The molecule has 1 aromatic carbocycles. The van der Waals surface area contributed by atoms with Crippen molar-refractivity contribution < 1.29 is 37.4 Å². The fourth-order valence-electron chi connectivity index (χ4n) is 3.62. The molecule has 10 nitrogen and oxygen atoms in total. The molecule has 2 aromatic rings. The zero-order valence-corrected chi connectivity index (χ0v) is 18.8. The lowest BCUT2D eigenvalue weighted by molar-refractivity contribution is -0.150. The van der Waals surface area contributed by atoms with Crippen LogP contribution < -0.4 is 9.64 Å². The van der Waals surface area contributed by atoms with Crippen LogP contribution in [0.25, 0.3) is 5.57 Å². The number of aromatic nitrogens is 2. The Labute approximate surface area is 197 Å². The Balaban J connectivity index is 1.41. The van der Waals surface area contributed by atoms with Crippen molar-refractivity contribution in [1.29, 1.82) is 0 Å². The lowest BCUT2D eigenvalue weighted by atomic mass is 9.97. The van der Waals surface area contributed by atoms with Crippen molar-refractivity contribution in [3.63, 3.8) is 0 Å². The first-order valence-electron chi connectivity index (χ1n) is 10.3. The third-order valence-corrected chi connectivity index (χ3v) is 5.71. The van der Waals surface area contributed by atoms with Gasteiger partial charge < -0.3 is 19.1 Å². The molecule has 0 radical (unpaired) electrons. The van der Waals surface area contributed by atoms with Gasteiger partial charge in [-0.3, -0.25) is 14.5 Å². The van der Waals surface area contributed by atoms with Crippen LogP contribution in [0, 0.1) is 11.6 Å². The molecular weight excluding hydrogens is 474 g/mol. The van der Waals surface area contributed by atoms with Gasteiger partial charge in [-0.25, -0.2) is 13.6 Å². The molecule has 2 aliphatic rings. The van der Waals surface area contributed by atoms with Crippen LogP contribution >= 0.6 is 11.7 Å². The lowest BCUT2D eigenvalue weighted by Crippen LogP contribution is -2.37. The first-order valence-corrected chi connectivity index (χ1v) is 11.0. The minimum Gasteiger partial charge on any atom is -0.472 e. The number of ether oxygens (including phenoxy) is 3. The van der Waals surface area contributed by atoms with Crippen molar-refractivity contribution in [2.24, 2.45) is 0 Å². The number of carbonyl (C=O) groups is 3. The SMILES string of the molecule is CC(=O)OCC(=O)N1CC=C(c2c(F)cc(N3C[C@H](COc4cnsn4)OC3=O)cc2F)CC1. The molecule has 0 unspecified atom stereocenters. The Kier molecular flexibility index (Phi) is 7.01. The summed E-state index contributed by atoms with van der Waals surface area (Å²) in [5, 5.41) is 0. The van der Waals surface area contributed by atoms with Crippen molar-refractivity contribution in [3.8, 4) is 5.88 Å². The largest absolute Gasteiger partial charge is 0.472 e. The van der Waals surface area contributed by atoms with Gasteiger partial charge in [-0.05, 0) is 24.1 Å².